The van der Waals surface area contributed by atoms with Gasteiger partial charge >= 0.3 is 5.97 Å². The first-order chi connectivity index (χ1) is 8.70. The van der Waals surface area contributed by atoms with Gasteiger partial charge < -0.3 is 20.1 Å². The molecule has 0 aromatic heterocycles. The molecule has 6 heteroatoms. The summed E-state index contributed by atoms with van der Waals surface area (Å²) < 4.78 is 10.4. The first kappa shape index (κ1) is 13.3. The van der Waals surface area contributed by atoms with Crippen LogP contribution in [0.15, 0.2) is 0 Å². The number of nitrogens with one attached hydrogen (secondary N) is 2. The van der Waals surface area contributed by atoms with Gasteiger partial charge in [0.25, 0.3) is 0 Å². The van der Waals surface area contributed by atoms with Crippen molar-refractivity contribution in [2.75, 3.05) is 19.8 Å². The fourth-order valence-electron chi connectivity index (χ4n) is 2.33. The first-order valence-corrected chi connectivity index (χ1v) is 6.51. The molecule has 0 aromatic rings. The molecule has 1 unspecified atom stereocenters. The van der Waals surface area contributed by atoms with Gasteiger partial charge in [-0.15, -0.1) is 0 Å². The Bertz CT molecular complexity index is 315. The fourth-order valence-corrected chi connectivity index (χ4v) is 2.33. The Labute approximate surface area is 106 Å². The van der Waals surface area contributed by atoms with Crippen molar-refractivity contribution in [2.24, 2.45) is 0 Å². The molecule has 2 fully saturated rings. The van der Waals surface area contributed by atoms with E-state index in [2.05, 4.69) is 10.6 Å². The van der Waals surface area contributed by atoms with E-state index in [0.717, 1.165) is 19.4 Å². The van der Waals surface area contributed by atoms with Crippen LogP contribution in [0.25, 0.3) is 0 Å². The van der Waals surface area contributed by atoms with Crippen LogP contribution in [0.5, 0.6) is 0 Å². The van der Waals surface area contributed by atoms with Gasteiger partial charge in [-0.25, -0.2) is 0 Å². The molecule has 0 spiro atoms. The summed E-state index contributed by atoms with van der Waals surface area (Å²) in [5, 5.41) is 6.01. The highest BCUT2D eigenvalue weighted by Gasteiger charge is 2.37. The lowest BCUT2D eigenvalue weighted by atomic mass is 10.1. The molecule has 2 aliphatic heterocycles. The third kappa shape index (κ3) is 3.20. The predicted molar refractivity (Wildman–Crippen MR) is 63.9 cm³/mol. The number of rotatable bonds is 5. The number of ether oxygens (including phenoxy) is 2. The molecule has 0 radical (unpaired) electrons. The van der Waals surface area contributed by atoms with Gasteiger partial charge in [0.05, 0.1) is 25.1 Å². The normalized spacial score (nSPS) is 31.4. The summed E-state index contributed by atoms with van der Waals surface area (Å²) in [5.41, 5.74) is 0. The van der Waals surface area contributed by atoms with Crippen LogP contribution in [-0.4, -0.2) is 49.8 Å². The smallest absolute Gasteiger partial charge is 0.308 e. The van der Waals surface area contributed by atoms with Gasteiger partial charge in [-0.05, 0) is 26.3 Å². The van der Waals surface area contributed by atoms with Crippen LogP contribution in [-0.2, 0) is 19.1 Å². The summed E-state index contributed by atoms with van der Waals surface area (Å²) in [5.74, 6) is -0.318. The highest BCUT2D eigenvalue weighted by atomic mass is 16.6. The van der Waals surface area contributed by atoms with Crippen LogP contribution >= 0.6 is 0 Å². The van der Waals surface area contributed by atoms with Crippen molar-refractivity contribution >= 4 is 11.9 Å². The minimum Gasteiger partial charge on any atom is -0.458 e. The quantitative estimate of drug-likeness (QED) is 0.653. The number of esters is 1. The van der Waals surface area contributed by atoms with Crippen molar-refractivity contribution in [1.82, 2.24) is 10.6 Å². The molecule has 6 nitrogen and oxygen atoms in total. The number of carbonyl (C=O) groups excluding carboxylic acids is 2. The summed E-state index contributed by atoms with van der Waals surface area (Å²) in [6.45, 7) is 3.66. The molecule has 2 rings (SSSR count). The van der Waals surface area contributed by atoms with Crippen molar-refractivity contribution in [3.05, 3.63) is 0 Å². The SMILES string of the molecule is CCOC[C@@H]1OC(=O)CC1NC(=O)[C@@H]1CCCN1. The summed E-state index contributed by atoms with van der Waals surface area (Å²) >= 11 is 0. The Balaban J connectivity index is 1.85. The van der Waals surface area contributed by atoms with E-state index in [9.17, 15) is 9.59 Å². The highest BCUT2D eigenvalue weighted by molar-refractivity contribution is 5.83. The van der Waals surface area contributed by atoms with Gasteiger partial charge in [-0.2, -0.15) is 0 Å². The Kier molecular flexibility index (Phi) is 4.54. The summed E-state index contributed by atoms with van der Waals surface area (Å²) in [7, 11) is 0. The zero-order valence-electron chi connectivity index (χ0n) is 10.6. The van der Waals surface area contributed by atoms with E-state index >= 15 is 0 Å². The van der Waals surface area contributed by atoms with Crippen molar-refractivity contribution in [3.63, 3.8) is 0 Å². The van der Waals surface area contributed by atoms with Gasteiger partial charge in [-0.3, -0.25) is 9.59 Å². The maximum atomic E-state index is 11.9. The van der Waals surface area contributed by atoms with Crippen LogP contribution in [0, 0.1) is 0 Å². The summed E-state index contributed by atoms with van der Waals surface area (Å²) in [6.07, 6.45) is 1.74. The van der Waals surface area contributed by atoms with E-state index in [1.165, 1.54) is 0 Å². The van der Waals surface area contributed by atoms with Gasteiger partial charge in [-0.1, -0.05) is 0 Å². The first-order valence-electron chi connectivity index (χ1n) is 6.51. The Morgan fingerprint density at radius 2 is 2.44 bits per heavy atom. The maximum absolute atomic E-state index is 11.9. The second-order valence-corrected chi connectivity index (χ2v) is 4.66. The number of carbonyl (C=O) groups is 2. The number of cyclic esters (lactones) is 1. The molecule has 3 atom stereocenters. The monoisotopic (exact) mass is 256 g/mol. The lowest BCUT2D eigenvalue weighted by Gasteiger charge is -2.20. The van der Waals surface area contributed by atoms with E-state index in [-0.39, 0.29) is 36.5 Å². The lowest BCUT2D eigenvalue weighted by Crippen LogP contribution is -2.48. The molecule has 2 saturated heterocycles. The molecule has 18 heavy (non-hydrogen) atoms. The minimum absolute atomic E-state index is 0.0442. The van der Waals surface area contributed by atoms with Gasteiger partial charge in [0.2, 0.25) is 5.91 Å². The van der Waals surface area contributed by atoms with Crippen LogP contribution in [0.1, 0.15) is 26.2 Å². The molecule has 2 aliphatic rings. The van der Waals surface area contributed by atoms with Crippen molar-refractivity contribution in [3.8, 4) is 0 Å². The van der Waals surface area contributed by atoms with E-state index in [1.807, 2.05) is 6.92 Å². The Morgan fingerprint density at radius 1 is 1.61 bits per heavy atom. The number of amides is 1. The standard InChI is InChI=1S/C12H20N2O4/c1-2-17-7-10-9(6-11(15)18-10)14-12(16)8-4-3-5-13-8/h8-10,13H,2-7H2,1H3,(H,14,16)/t8-,9?,10-/m0/s1. The third-order valence-electron chi connectivity index (χ3n) is 3.31. The fraction of sp³-hybridized carbons (Fsp3) is 0.833. The number of hydrogen-bond acceptors (Lipinski definition) is 5. The van der Waals surface area contributed by atoms with E-state index in [4.69, 9.17) is 9.47 Å². The van der Waals surface area contributed by atoms with Crippen molar-refractivity contribution in [2.45, 2.75) is 44.4 Å². The molecule has 0 bridgehead atoms. The van der Waals surface area contributed by atoms with Crippen LogP contribution in [0.4, 0.5) is 0 Å². The second-order valence-electron chi connectivity index (χ2n) is 4.66. The molecule has 102 valence electrons. The van der Waals surface area contributed by atoms with Gasteiger partial charge in [0, 0.05) is 6.61 Å². The predicted octanol–water partition coefficient (Wildman–Crippen LogP) is -0.425. The zero-order chi connectivity index (χ0) is 13.0. The molecule has 2 heterocycles. The van der Waals surface area contributed by atoms with Gasteiger partial charge in [0.15, 0.2) is 0 Å². The summed E-state index contributed by atoms with van der Waals surface area (Å²) in [4.78, 5) is 23.2. The summed E-state index contributed by atoms with van der Waals surface area (Å²) in [6, 6.07) is -0.396. The highest BCUT2D eigenvalue weighted by Crippen LogP contribution is 2.16. The Hall–Kier alpha value is -1.14. The molecular weight excluding hydrogens is 236 g/mol. The maximum Gasteiger partial charge on any atom is 0.308 e. The zero-order valence-corrected chi connectivity index (χ0v) is 10.6. The molecule has 0 aliphatic carbocycles. The van der Waals surface area contributed by atoms with E-state index in [0.29, 0.717) is 13.2 Å². The van der Waals surface area contributed by atoms with Crippen molar-refractivity contribution in [1.29, 1.82) is 0 Å². The topological polar surface area (TPSA) is 76.7 Å². The van der Waals surface area contributed by atoms with Gasteiger partial charge in [0.1, 0.15) is 6.10 Å². The van der Waals surface area contributed by atoms with Crippen LogP contribution in [0.3, 0.4) is 0 Å². The average Bonchev–Trinajstić information content (AvgIpc) is 2.96. The van der Waals surface area contributed by atoms with Crippen LogP contribution < -0.4 is 10.6 Å². The minimum atomic E-state index is -0.359. The van der Waals surface area contributed by atoms with Crippen LogP contribution in [0.2, 0.25) is 0 Å². The molecule has 0 saturated carbocycles. The molecule has 2 N–H and O–H groups in total. The van der Waals surface area contributed by atoms with E-state index in [1.54, 1.807) is 0 Å². The third-order valence-corrected chi connectivity index (χ3v) is 3.31. The van der Waals surface area contributed by atoms with Crippen molar-refractivity contribution < 1.29 is 19.1 Å². The number of hydrogen-bond donors (Lipinski definition) is 2. The lowest BCUT2D eigenvalue weighted by molar-refractivity contribution is -0.143. The Morgan fingerprint density at radius 3 is 3.11 bits per heavy atom. The molecule has 1 amide bonds. The second kappa shape index (κ2) is 6.15. The largest absolute Gasteiger partial charge is 0.458 e. The molecule has 0 aromatic carbocycles. The molecular formula is C12H20N2O4. The average molecular weight is 256 g/mol. The van der Waals surface area contributed by atoms with E-state index < -0.39 is 0 Å².